The molecule has 0 aliphatic heterocycles. The Hall–Kier alpha value is -1.62. The Balaban J connectivity index is 2.85. The lowest BCUT2D eigenvalue weighted by Crippen LogP contribution is -2.35. The maximum atomic E-state index is 11.9. The molecule has 2 rings (SSSR count). The van der Waals surface area contributed by atoms with Crippen LogP contribution in [0.5, 0.6) is 0 Å². The van der Waals surface area contributed by atoms with E-state index in [1.165, 1.54) is 15.4 Å². The molecule has 1 aromatic carbocycles. The lowest BCUT2D eigenvalue weighted by Gasteiger charge is -2.11. The van der Waals surface area contributed by atoms with Crippen LogP contribution in [0.1, 0.15) is 0 Å². The van der Waals surface area contributed by atoms with Gasteiger partial charge in [0.15, 0.2) is 0 Å². The van der Waals surface area contributed by atoms with Crippen molar-refractivity contribution in [2.24, 2.45) is 7.05 Å². The molecule has 0 saturated heterocycles. The second-order valence-corrected chi connectivity index (χ2v) is 4.16. The zero-order chi connectivity index (χ0) is 11.7. The van der Waals surface area contributed by atoms with Gasteiger partial charge in [0.2, 0.25) is 0 Å². The van der Waals surface area contributed by atoms with Gasteiger partial charge in [-0.15, -0.1) is 0 Å². The molecule has 16 heavy (non-hydrogen) atoms. The molecule has 0 unspecified atom stereocenters. The summed E-state index contributed by atoms with van der Waals surface area (Å²) in [4.78, 5) is 23.5. The second-order valence-electron chi connectivity index (χ2n) is 3.31. The van der Waals surface area contributed by atoms with E-state index >= 15 is 0 Å². The molecule has 0 amide bonds. The van der Waals surface area contributed by atoms with E-state index in [-0.39, 0.29) is 15.6 Å². The van der Waals surface area contributed by atoms with Gasteiger partial charge in [-0.1, -0.05) is 18.2 Å². The first kappa shape index (κ1) is 10.9. The largest absolute Gasteiger partial charge is 0.284 e. The maximum Gasteiger partial charge on any atom is 0.284 e. The summed E-state index contributed by atoms with van der Waals surface area (Å²) in [7, 11) is 1.56. The van der Waals surface area contributed by atoms with Crippen molar-refractivity contribution >= 4 is 15.9 Å². The van der Waals surface area contributed by atoms with Crippen LogP contribution in [0.2, 0.25) is 0 Å². The average Bonchev–Trinajstić information content (AvgIpc) is 2.28. The summed E-state index contributed by atoms with van der Waals surface area (Å²) in [5, 5.41) is 0. The van der Waals surface area contributed by atoms with Gasteiger partial charge in [0, 0.05) is 13.1 Å². The molecule has 2 aromatic rings. The fourth-order valence-corrected chi connectivity index (χ4v) is 1.82. The van der Waals surface area contributed by atoms with Crippen molar-refractivity contribution in [2.75, 3.05) is 0 Å². The van der Waals surface area contributed by atoms with Crippen LogP contribution in [0.25, 0.3) is 5.69 Å². The number of aromatic nitrogens is 2. The molecule has 0 atom stereocenters. The molecule has 1 aromatic heterocycles. The highest BCUT2D eigenvalue weighted by atomic mass is 79.9. The van der Waals surface area contributed by atoms with E-state index < -0.39 is 0 Å². The molecule has 1 heterocycles. The SMILES string of the molecule is Cn1c(=O)cc(Br)c(=O)n1-c1ccccc1. The first-order valence-electron chi connectivity index (χ1n) is 4.65. The molecule has 82 valence electrons. The van der Waals surface area contributed by atoms with E-state index in [0.29, 0.717) is 5.69 Å². The Morgan fingerprint density at radius 3 is 2.38 bits per heavy atom. The van der Waals surface area contributed by atoms with Crippen molar-refractivity contribution in [1.29, 1.82) is 0 Å². The highest BCUT2D eigenvalue weighted by Gasteiger charge is 2.07. The van der Waals surface area contributed by atoms with Crippen molar-refractivity contribution in [3.05, 3.63) is 61.6 Å². The lowest BCUT2D eigenvalue weighted by atomic mass is 10.3. The van der Waals surface area contributed by atoms with Gasteiger partial charge in [-0.2, -0.15) is 0 Å². The molecule has 0 aliphatic rings. The molecule has 0 fully saturated rings. The number of benzene rings is 1. The van der Waals surface area contributed by atoms with Gasteiger partial charge >= 0.3 is 0 Å². The van der Waals surface area contributed by atoms with E-state index in [9.17, 15) is 9.59 Å². The minimum Gasteiger partial charge on any atom is -0.268 e. The molecule has 5 heteroatoms. The zero-order valence-electron chi connectivity index (χ0n) is 8.55. The summed E-state index contributed by atoms with van der Waals surface area (Å²) in [5.41, 5.74) is 0.164. The van der Waals surface area contributed by atoms with Crippen molar-refractivity contribution in [3.63, 3.8) is 0 Å². The highest BCUT2D eigenvalue weighted by Crippen LogP contribution is 2.04. The molecule has 0 spiro atoms. The monoisotopic (exact) mass is 280 g/mol. The van der Waals surface area contributed by atoms with Crippen LogP contribution in [0.15, 0.2) is 50.5 Å². The van der Waals surface area contributed by atoms with Gasteiger partial charge in [-0.05, 0) is 28.1 Å². The molecule has 0 saturated carbocycles. The quantitative estimate of drug-likeness (QED) is 0.790. The Kier molecular flexibility index (Phi) is 2.78. The summed E-state index contributed by atoms with van der Waals surface area (Å²) in [5.74, 6) is 0. The fraction of sp³-hybridized carbons (Fsp3) is 0.0909. The van der Waals surface area contributed by atoms with Crippen molar-refractivity contribution in [2.45, 2.75) is 0 Å². The smallest absolute Gasteiger partial charge is 0.268 e. The van der Waals surface area contributed by atoms with Crippen LogP contribution in [-0.4, -0.2) is 9.36 Å². The van der Waals surface area contributed by atoms with Crippen LogP contribution < -0.4 is 11.1 Å². The predicted molar refractivity (Wildman–Crippen MR) is 65.0 cm³/mol. The molecular formula is C11H9BrN2O2. The molecule has 0 radical (unpaired) electrons. The van der Waals surface area contributed by atoms with Crippen LogP contribution in [0.4, 0.5) is 0 Å². The second kappa shape index (κ2) is 4.09. The van der Waals surface area contributed by atoms with Gasteiger partial charge in [0.25, 0.3) is 11.1 Å². The molecular weight excluding hydrogens is 272 g/mol. The van der Waals surface area contributed by atoms with E-state index in [1.54, 1.807) is 19.2 Å². The van der Waals surface area contributed by atoms with Crippen molar-refractivity contribution in [3.8, 4) is 5.69 Å². The molecule has 0 N–H and O–H groups in total. The van der Waals surface area contributed by atoms with E-state index in [1.807, 2.05) is 18.2 Å². The van der Waals surface area contributed by atoms with Crippen molar-refractivity contribution < 1.29 is 0 Å². The van der Waals surface area contributed by atoms with Crippen LogP contribution in [0, 0.1) is 0 Å². The first-order chi connectivity index (χ1) is 7.61. The fourth-order valence-electron chi connectivity index (χ4n) is 1.46. The summed E-state index contributed by atoms with van der Waals surface area (Å²) < 4.78 is 2.87. The molecule has 4 nitrogen and oxygen atoms in total. The Labute approximate surface area is 99.9 Å². The maximum absolute atomic E-state index is 11.9. The van der Waals surface area contributed by atoms with Crippen LogP contribution in [0.3, 0.4) is 0 Å². The molecule has 0 bridgehead atoms. The summed E-state index contributed by atoms with van der Waals surface area (Å²) in [6, 6.07) is 10.3. The van der Waals surface area contributed by atoms with Gasteiger partial charge in [-0.25, -0.2) is 9.36 Å². The topological polar surface area (TPSA) is 44.0 Å². The van der Waals surface area contributed by atoms with Gasteiger partial charge < -0.3 is 0 Å². The van der Waals surface area contributed by atoms with Crippen LogP contribution in [-0.2, 0) is 7.05 Å². The number of hydrogen-bond donors (Lipinski definition) is 0. The van der Waals surface area contributed by atoms with Gasteiger partial charge in [-0.3, -0.25) is 9.59 Å². The summed E-state index contributed by atoms with van der Waals surface area (Å²) in [6.45, 7) is 0. The Morgan fingerprint density at radius 1 is 1.12 bits per heavy atom. The summed E-state index contributed by atoms with van der Waals surface area (Å²) in [6.07, 6.45) is 0. The molecule has 0 aliphatic carbocycles. The van der Waals surface area contributed by atoms with E-state index in [2.05, 4.69) is 15.9 Å². The third kappa shape index (κ3) is 1.74. The Morgan fingerprint density at radius 2 is 1.75 bits per heavy atom. The predicted octanol–water partition coefficient (Wildman–Crippen LogP) is 1.30. The Bertz CT molecular complexity index is 629. The standard InChI is InChI=1S/C11H9BrN2O2/c1-13-10(15)7-9(12)11(16)14(13)8-5-3-2-4-6-8/h2-7H,1H3. The van der Waals surface area contributed by atoms with E-state index in [0.717, 1.165) is 0 Å². The van der Waals surface area contributed by atoms with Crippen LogP contribution >= 0.6 is 15.9 Å². The lowest BCUT2D eigenvalue weighted by molar-refractivity contribution is 0.590. The zero-order valence-corrected chi connectivity index (χ0v) is 10.1. The number of para-hydroxylation sites is 1. The minimum atomic E-state index is -0.256. The number of rotatable bonds is 1. The van der Waals surface area contributed by atoms with E-state index in [4.69, 9.17) is 0 Å². The minimum absolute atomic E-state index is 0.240. The highest BCUT2D eigenvalue weighted by molar-refractivity contribution is 9.10. The van der Waals surface area contributed by atoms with Gasteiger partial charge in [0.05, 0.1) is 10.2 Å². The number of halogens is 1. The normalized spacial score (nSPS) is 10.4. The summed E-state index contributed by atoms with van der Waals surface area (Å²) >= 11 is 3.08. The third-order valence-electron chi connectivity index (χ3n) is 2.27. The number of nitrogens with zero attached hydrogens (tertiary/aromatic N) is 2. The number of hydrogen-bond acceptors (Lipinski definition) is 2. The third-order valence-corrected chi connectivity index (χ3v) is 2.83. The van der Waals surface area contributed by atoms with Gasteiger partial charge in [0.1, 0.15) is 0 Å². The van der Waals surface area contributed by atoms with Crippen molar-refractivity contribution in [1.82, 2.24) is 9.36 Å². The first-order valence-corrected chi connectivity index (χ1v) is 5.45. The average molecular weight is 281 g/mol.